The summed E-state index contributed by atoms with van der Waals surface area (Å²) in [6.45, 7) is 0. The van der Waals surface area contributed by atoms with Gasteiger partial charge in [-0.3, -0.25) is 0 Å². The van der Waals surface area contributed by atoms with Crippen LogP contribution >= 0.6 is 27.5 Å². The van der Waals surface area contributed by atoms with Gasteiger partial charge in [0.2, 0.25) is 0 Å². The molecule has 5 heteroatoms. The second kappa shape index (κ2) is 5.90. The van der Waals surface area contributed by atoms with Gasteiger partial charge in [0.15, 0.2) is 0 Å². The zero-order chi connectivity index (χ0) is 14.0. The number of benzene rings is 2. The first-order valence-corrected chi connectivity index (χ1v) is 6.82. The Morgan fingerprint density at radius 3 is 2.79 bits per heavy atom. The van der Waals surface area contributed by atoms with Crippen LogP contribution in [0.5, 0.6) is 0 Å². The topological polar surface area (TPSA) is 46.2 Å². The molecular weight excluding hydrogens is 333 g/mol. The van der Waals surface area contributed by atoms with E-state index in [4.69, 9.17) is 17.3 Å². The third kappa shape index (κ3) is 3.26. The zero-order valence-electron chi connectivity index (χ0n) is 9.91. The molecule has 0 aromatic heterocycles. The van der Waals surface area contributed by atoms with Crippen molar-refractivity contribution < 1.29 is 9.50 Å². The first-order valence-electron chi connectivity index (χ1n) is 5.65. The summed E-state index contributed by atoms with van der Waals surface area (Å²) in [5.74, 6) is -0.503. The number of nitrogens with two attached hydrogens (primary N) is 1. The molecule has 0 heterocycles. The predicted molar refractivity (Wildman–Crippen MR) is 78.6 cm³/mol. The van der Waals surface area contributed by atoms with E-state index in [1.54, 1.807) is 30.3 Å². The number of aliphatic hydroxyl groups is 1. The average Bonchev–Trinajstić information content (AvgIpc) is 2.38. The van der Waals surface area contributed by atoms with Crippen LogP contribution in [0.25, 0.3) is 0 Å². The van der Waals surface area contributed by atoms with Crippen molar-refractivity contribution in [1.29, 1.82) is 0 Å². The third-order valence-corrected chi connectivity index (χ3v) is 3.64. The quantitative estimate of drug-likeness (QED) is 0.824. The normalized spacial score (nSPS) is 12.4. The highest BCUT2D eigenvalue weighted by Crippen LogP contribution is 2.28. The smallest absolute Gasteiger partial charge is 0.145 e. The molecule has 0 bridgehead atoms. The summed E-state index contributed by atoms with van der Waals surface area (Å²) in [5, 5.41) is 10.2. The van der Waals surface area contributed by atoms with Crippen LogP contribution in [0.3, 0.4) is 0 Å². The van der Waals surface area contributed by atoms with Crippen molar-refractivity contribution in [2.75, 3.05) is 5.73 Å². The van der Waals surface area contributed by atoms with Gasteiger partial charge in [0, 0.05) is 22.1 Å². The summed E-state index contributed by atoms with van der Waals surface area (Å²) < 4.78 is 14.6. The molecule has 100 valence electrons. The van der Waals surface area contributed by atoms with E-state index in [1.165, 1.54) is 6.07 Å². The van der Waals surface area contributed by atoms with Crippen molar-refractivity contribution in [1.82, 2.24) is 0 Å². The molecule has 2 aromatic rings. The van der Waals surface area contributed by atoms with E-state index in [-0.39, 0.29) is 11.4 Å². The first-order chi connectivity index (χ1) is 8.99. The fraction of sp³-hybridized carbons (Fsp3) is 0.143. The van der Waals surface area contributed by atoms with Crippen molar-refractivity contribution >= 4 is 33.2 Å². The van der Waals surface area contributed by atoms with E-state index in [0.717, 1.165) is 4.47 Å². The van der Waals surface area contributed by atoms with Gasteiger partial charge in [0.1, 0.15) is 5.82 Å². The Morgan fingerprint density at radius 2 is 2.05 bits per heavy atom. The lowest BCUT2D eigenvalue weighted by molar-refractivity contribution is 0.178. The molecule has 19 heavy (non-hydrogen) atoms. The molecule has 0 saturated heterocycles. The van der Waals surface area contributed by atoms with Crippen molar-refractivity contribution in [2.24, 2.45) is 0 Å². The minimum atomic E-state index is -0.884. The minimum absolute atomic E-state index is 0.0481. The number of hydrogen-bond acceptors (Lipinski definition) is 2. The number of aliphatic hydroxyl groups excluding tert-OH is 1. The zero-order valence-corrected chi connectivity index (χ0v) is 12.2. The average molecular weight is 345 g/mol. The second-order valence-corrected chi connectivity index (χ2v) is 5.53. The molecule has 0 aliphatic carbocycles. The largest absolute Gasteiger partial charge is 0.398 e. The summed E-state index contributed by atoms with van der Waals surface area (Å²) in [6.07, 6.45) is -0.766. The van der Waals surface area contributed by atoms with Crippen LogP contribution in [0, 0.1) is 5.82 Å². The summed E-state index contributed by atoms with van der Waals surface area (Å²) in [4.78, 5) is 0. The van der Waals surface area contributed by atoms with Gasteiger partial charge in [-0.05, 0) is 29.8 Å². The molecule has 0 aliphatic rings. The molecule has 2 aromatic carbocycles. The van der Waals surface area contributed by atoms with Crippen molar-refractivity contribution in [3.63, 3.8) is 0 Å². The van der Waals surface area contributed by atoms with Gasteiger partial charge in [-0.25, -0.2) is 4.39 Å². The third-order valence-electron chi connectivity index (χ3n) is 2.85. The number of hydrogen-bond donors (Lipinski definition) is 2. The molecule has 1 unspecified atom stereocenters. The highest BCUT2D eigenvalue weighted by Gasteiger charge is 2.15. The van der Waals surface area contributed by atoms with Gasteiger partial charge < -0.3 is 10.8 Å². The van der Waals surface area contributed by atoms with Crippen molar-refractivity contribution in [3.8, 4) is 0 Å². The van der Waals surface area contributed by atoms with Crippen LogP contribution in [0.1, 0.15) is 17.2 Å². The van der Waals surface area contributed by atoms with Crippen LogP contribution in [-0.4, -0.2) is 5.11 Å². The molecule has 2 rings (SSSR count). The molecule has 0 saturated carbocycles. The Morgan fingerprint density at radius 1 is 1.32 bits per heavy atom. The van der Waals surface area contributed by atoms with Crippen LogP contribution in [-0.2, 0) is 6.42 Å². The summed E-state index contributed by atoms with van der Waals surface area (Å²) in [7, 11) is 0. The Bertz CT molecular complexity index is 606. The first kappa shape index (κ1) is 14.3. The lowest BCUT2D eigenvalue weighted by Gasteiger charge is -2.14. The van der Waals surface area contributed by atoms with E-state index in [0.29, 0.717) is 16.8 Å². The number of nitrogen functional groups attached to an aromatic ring is 1. The SMILES string of the molecule is Nc1ccc(Br)cc1C(O)Cc1cccc(Cl)c1F. The van der Waals surface area contributed by atoms with Crippen LogP contribution in [0.2, 0.25) is 5.02 Å². The fourth-order valence-electron chi connectivity index (χ4n) is 1.86. The van der Waals surface area contributed by atoms with E-state index in [9.17, 15) is 9.50 Å². The van der Waals surface area contributed by atoms with Gasteiger partial charge in [0.25, 0.3) is 0 Å². The van der Waals surface area contributed by atoms with Crippen LogP contribution in [0.4, 0.5) is 10.1 Å². The lowest BCUT2D eigenvalue weighted by Crippen LogP contribution is -2.06. The van der Waals surface area contributed by atoms with Crippen LogP contribution in [0.15, 0.2) is 40.9 Å². The molecule has 0 fully saturated rings. The van der Waals surface area contributed by atoms with Gasteiger partial charge >= 0.3 is 0 Å². The van der Waals surface area contributed by atoms with E-state index >= 15 is 0 Å². The molecule has 0 aliphatic heterocycles. The Hall–Kier alpha value is -1.10. The van der Waals surface area contributed by atoms with Crippen LogP contribution < -0.4 is 5.73 Å². The number of rotatable bonds is 3. The van der Waals surface area contributed by atoms with E-state index < -0.39 is 11.9 Å². The van der Waals surface area contributed by atoms with E-state index in [2.05, 4.69) is 15.9 Å². The summed E-state index contributed by atoms with van der Waals surface area (Å²) in [5.41, 5.74) is 7.21. The van der Waals surface area contributed by atoms with Gasteiger partial charge in [-0.1, -0.05) is 39.7 Å². The maximum absolute atomic E-state index is 13.8. The summed E-state index contributed by atoms with van der Waals surface area (Å²) in [6, 6.07) is 9.92. The molecule has 2 nitrogen and oxygen atoms in total. The molecular formula is C14H12BrClFNO. The maximum Gasteiger partial charge on any atom is 0.145 e. The lowest BCUT2D eigenvalue weighted by atomic mass is 10.00. The highest BCUT2D eigenvalue weighted by atomic mass is 79.9. The Labute approximate surface area is 124 Å². The Balaban J connectivity index is 2.28. The number of anilines is 1. The van der Waals surface area contributed by atoms with Gasteiger partial charge in [-0.2, -0.15) is 0 Å². The highest BCUT2D eigenvalue weighted by molar-refractivity contribution is 9.10. The standard InChI is InChI=1S/C14H12BrClFNO/c15-9-4-5-12(18)10(7-9)13(19)6-8-2-1-3-11(16)14(8)17/h1-5,7,13,19H,6,18H2. The van der Waals surface area contributed by atoms with Gasteiger partial charge in [-0.15, -0.1) is 0 Å². The second-order valence-electron chi connectivity index (χ2n) is 4.21. The molecule has 1 atom stereocenters. The van der Waals surface area contributed by atoms with Gasteiger partial charge in [0.05, 0.1) is 11.1 Å². The number of halogens is 3. The summed E-state index contributed by atoms with van der Waals surface area (Å²) >= 11 is 9.03. The molecule has 3 N–H and O–H groups in total. The predicted octanol–water partition coefficient (Wildman–Crippen LogP) is 4.10. The maximum atomic E-state index is 13.8. The minimum Gasteiger partial charge on any atom is -0.398 e. The molecule has 0 spiro atoms. The molecule has 0 amide bonds. The van der Waals surface area contributed by atoms with E-state index in [1.807, 2.05) is 0 Å². The fourth-order valence-corrected chi connectivity index (χ4v) is 2.43. The Kier molecular flexibility index (Phi) is 4.45. The van der Waals surface area contributed by atoms with Crippen molar-refractivity contribution in [2.45, 2.75) is 12.5 Å². The van der Waals surface area contributed by atoms with Crippen molar-refractivity contribution in [3.05, 3.63) is 62.8 Å². The molecule has 0 radical (unpaired) electrons. The monoisotopic (exact) mass is 343 g/mol.